The molecule has 8 heteroatoms. The van der Waals surface area contributed by atoms with Crippen LogP contribution in [0.5, 0.6) is 5.75 Å². The first-order chi connectivity index (χ1) is 16.4. The molecular weight excluding hydrogens is 806 g/mol. The lowest BCUT2D eigenvalue weighted by Gasteiger charge is -2.43. The quantitative estimate of drug-likeness (QED) is 0.210. The van der Waals surface area contributed by atoms with Crippen molar-refractivity contribution in [3.05, 3.63) is 29.6 Å². The van der Waals surface area contributed by atoms with E-state index in [9.17, 15) is 4.39 Å². The number of hydrogen-bond acceptors (Lipinski definition) is 4. The van der Waals surface area contributed by atoms with Crippen molar-refractivity contribution in [3.8, 4) is 5.75 Å². The predicted molar refractivity (Wildman–Crippen MR) is 152 cm³/mol. The molecule has 0 bridgehead atoms. The third-order valence-corrected chi connectivity index (χ3v) is 5.63. The predicted octanol–water partition coefficient (Wildman–Crippen LogP) is -1.63. The lowest BCUT2D eigenvalue weighted by atomic mass is 9.99. The summed E-state index contributed by atoms with van der Waals surface area (Å²) in [5, 5.41) is 0. The molecule has 0 aliphatic carbocycles. The minimum absolute atomic E-state index is 0. The lowest BCUT2D eigenvalue weighted by Crippen LogP contribution is -3.00. The van der Waals surface area contributed by atoms with Crippen LogP contribution in [0.25, 0.3) is 0 Å². The van der Waals surface area contributed by atoms with E-state index in [1.807, 2.05) is 54.5 Å². The van der Waals surface area contributed by atoms with Crippen molar-refractivity contribution in [2.75, 3.05) is 58.9 Å². The van der Waals surface area contributed by atoms with Crippen molar-refractivity contribution >= 4 is 0 Å². The summed E-state index contributed by atoms with van der Waals surface area (Å²) in [7, 11) is 0. The van der Waals surface area contributed by atoms with Gasteiger partial charge in [0, 0.05) is 19.6 Å². The first-order valence-corrected chi connectivity index (χ1v) is 14.0. The zero-order chi connectivity index (χ0) is 27.2. The molecule has 0 aliphatic heterocycles. The van der Waals surface area contributed by atoms with E-state index in [0.29, 0.717) is 5.75 Å². The summed E-state index contributed by atoms with van der Waals surface area (Å²) in [6.45, 7) is 35.0. The van der Waals surface area contributed by atoms with Crippen LogP contribution in [-0.4, -0.2) is 79.2 Å². The van der Waals surface area contributed by atoms with Gasteiger partial charge in [0.1, 0.15) is 5.60 Å². The highest BCUT2D eigenvalue weighted by atomic mass is 127. The molecule has 37 heavy (non-hydrogen) atoms. The van der Waals surface area contributed by atoms with Crippen molar-refractivity contribution in [1.82, 2.24) is 14.7 Å². The Balaban J connectivity index is -0.000000248. The van der Waals surface area contributed by atoms with E-state index in [0.717, 1.165) is 64.5 Å². The Labute approximate surface area is 283 Å². The Kier molecular flexibility index (Phi) is 45.6. The maximum absolute atomic E-state index is 14.7. The van der Waals surface area contributed by atoms with Gasteiger partial charge in [0.25, 0.3) is 0 Å². The van der Waals surface area contributed by atoms with Crippen LogP contribution >= 0.6 is 0 Å². The van der Waals surface area contributed by atoms with Crippen molar-refractivity contribution in [2.45, 2.75) is 95.6 Å². The molecule has 0 amide bonds. The van der Waals surface area contributed by atoms with Crippen LogP contribution in [0.2, 0.25) is 0 Å². The molecule has 0 atom stereocenters. The summed E-state index contributed by atoms with van der Waals surface area (Å²) >= 11 is 0. The summed E-state index contributed by atoms with van der Waals surface area (Å²) in [5.74, 6) is 0.0834. The molecule has 1 aromatic rings. The maximum atomic E-state index is 14.7. The summed E-state index contributed by atoms with van der Waals surface area (Å²) < 4.78 is 21.3. The van der Waals surface area contributed by atoms with E-state index in [2.05, 4.69) is 56.2 Å². The Bertz CT molecular complexity index is 535. The number of rotatable bonds is 14. The third-order valence-electron chi connectivity index (χ3n) is 5.63. The number of likely N-dealkylation sites (N-methyl/N-ethyl adjacent to an activating group) is 3. The minimum atomic E-state index is -0.500. The number of benzene rings is 1. The second-order valence-corrected chi connectivity index (χ2v) is 7.60. The topological polar surface area (TPSA) is 19.0 Å². The third kappa shape index (κ3) is 21.4. The molecule has 0 unspecified atom stereocenters. The molecule has 1 rings (SSSR count). The van der Waals surface area contributed by atoms with Gasteiger partial charge in [0.2, 0.25) is 0 Å². The molecular formula is C29H60FI3N3O-3. The van der Waals surface area contributed by atoms with E-state index >= 15 is 0 Å². The van der Waals surface area contributed by atoms with Crippen molar-refractivity contribution in [1.29, 1.82) is 0 Å². The van der Waals surface area contributed by atoms with E-state index in [1.54, 1.807) is 12.1 Å². The van der Waals surface area contributed by atoms with Crippen LogP contribution in [0, 0.1) is 12.7 Å². The molecule has 4 nitrogen and oxygen atoms in total. The van der Waals surface area contributed by atoms with Crippen LogP contribution in [0.15, 0.2) is 18.2 Å². The van der Waals surface area contributed by atoms with Crippen molar-refractivity contribution in [2.24, 2.45) is 0 Å². The molecule has 0 radical (unpaired) electrons. The van der Waals surface area contributed by atoms with E-state index in [4.69, 9.17) is 4.74 Å². The smallest absolute Gasteiger partial charge is 0.165 e. The largest absolute Gasteiger partial charge is 1.00 e. The van der Waals surface area contributed by atoms with Crippen LogP contribution in [0.3, 0.4) is 0 Å². The zero-order valence-electron chi connectivity index (χ0n) is 26.4. The van der Waals surface area contributed by atoms with Crippen LogP contribution < -0.4 is 76.7 Å². The Morgan fingerprint density at radius 1 is 0.622 bits per heavy atom. The second kappa shape index (κ2) is 33.2. The van der Waals surface area contributed by atoms with E-state index in [1.165, 1.54) is 0 Å². The van der Waals surface area contributed by atoms with Crippen LogP contribution in [0.1, 0.15) is 88.6 Å². The number of hydrogen-bond donors (Lipinski definition) is 0. The van der Waals surface area contributed by atoms with Gasteiger partial charge in [-0.25, -0.2) is 4.39 Å². The average molecular weight is 867 g/mol. The van der Waals surface area contributed by atoms with Crippen molar-refractivity contribution in [3.63, 3.8) is 0 Å². The standard InChI is InChI=1S/C23H42FN3O.3C2H6.3HI/c1-8-25(9-2)17-23(18-26(10-3)11-4,19-27(12-5)13-6)28-22-15-14-20(7)16-21(22)24;3*1-2;;;/h14-16H,8-13,17-19H2,1-7H3;3*1-2H3;3*1H/p-3. The minimum Gasteiger partial charge on any atom is -1.00 e. The number of ether oxygens (including phenoxy) is 1. The molecule has 0 aromatic heterocycles. The summed E-state index contributed by atoms with van der Waals surface area (Å²) in [6.07, 6.45) is 0. The first kappa shape index (κ1) is 50.8. The first-order valence-electron chi connectivity index (χ1n) is 14.0. The van der Waals surface area contributed by atoms with Gasteiger partial charge in [0.05, 0.1) is 0 Å². The highest BCUT2D eigenvalue weighted by molar-refractivity contribution is 5.29. The fraction of sp³-hybridized carbons (Fsp3) is 0.793. The molecule has 0 saturated heterocycles. The van der Waals surface area contributed by atoms with Gasteiger partial charge in [-0.1, -0.05) is 89.2 Å². The van der Waals surface area contributed by atoms with Gasteiger partial charge in [-0.05, 0) is 63.9 Å². The molecule has 1 aromatic carbocycles. The summed E-state index contributed by atoms with van der Waals surface area (Å²) in [5.41, 5.74) is 0.409. The van der Waals surface area contributed by atoms with Gasteiger partial charge >= 0.3 is 0 Å². The van der Waals surface area contributed by atoms with Gasteiger partial charge in [-0.3, -0.25) is 14.7 Å². The zero-order valence-corrected chi connectivity index (χ0v) is 32.8. The van der Waals surface area contributed by atoms with Gasteiger partial charge < -0.3 is 76.7 Å². The Morgan fingerprint density at radius 2 is 0.919 bits per heavy atom. The average Bonchev–Trinajstić information content (AvgIpc) is 2.89. The Hall–Kier alpha value is 1.02. The van der Waals surface area contributed by atoms with Crippen LogP contribution in [-0.2, 0) is 0 Å². The second-order valence-electron chi connectivity index (χ2n) is 7.60. The van der Waals surface area contributed by atoms with Crippen molar-refractivity contribution < 1.29 is 81.1 Å². The molecule has 0 N–H and O–H groups in total. The van der Waals surface area contributed by atoms with E-state index in [-0.39, 0.29) is 77.7 Å². The fourth-order valence-corrected chi connectivity index (χ4v) is 3.73. The van der Waals surface area contributed by atoms with Crippen LogP contribution in [0.4, 0.5) is 4.39 Å². The normalized spacial score (nSPS) is 9.86. The van der Waals surface area contributed by atoms with E-state index < -0.39 is 5.60 Å². The molecule has 0 fully saturated rings. The van der Waals surface area contributed by atoms with Gasteiger partial charge in [-0.2, -0.15) is 0 Å². The molecule has 228 valence electrons. The molecule has 0 heterocycles. The number of nitrogens with zero attached hydrogens (tertiary/aromatic N) is 3. The highest BCUT2D eigenvalue weighted by Gasteiger charge is 2.38. The highest BCUT2D eigenvalue weighted by Crippen LogP contribution is 2.26. The maximum Gasteiger partial charge on any atom is 0.165 e. The monoisotopic (exact) mass is 866 g/mol. The fourth-order valence-electron chi connectivity index (χ4n) is 3.73. The number of halogens is 4. The summed E-state index contributed by atoms with van der Waals surface area (Å²) in [6, 6.07) is 5.27. The lowest BCUT2D eigenvalue weighted by molar-refractivity contribution is -0.0256. The SMILES string of the molecule is CC.CC.CC.CCN(CC)CC(CN(CC)CC)(CN(CC)CC)Oc1ccc(C)cc1F.[I-].[I-].[I-]. The Morgan fingerprint density at radius 3 is 1.16 bits per heavy atom. The van der Waals surface area contributed by atoms with Gasteiger partial charge in [-0.15, -0.1) is 0 Å². The van der Waals surface area contributed by atoms with Gasteiger partial charge in [0.15, 0.2) is 11.6 Å². The number of aryl methyl sites for hydroxylation is 1. The molecule has 0 aliphatic rings. The molecule has 0 spiro atoms. The molecule has 0 saturated carbocycles. The summed E-state index contributed by atoms with van der Waals surface area (Å²) in [4.78, 5) is 7.16.